The Kier molecular flexibility index (Phi) is 3.39. The van der Waals surface area contributed by atoms with Crippen LogP contribution < -0.4 is 0 Å². The van der Waals surface area contributed by atoms with Gasteiger partial charge in [0.25, 0.3) is 0 Å². The topological polar surface area (TPSA) is 46.5 Å². The molecule has 2 rings (SSSR count). The number of hydrogen-bond donors (Lipinski definition) is 1. The van der Waals surface area contributed by atoms with Gasteiger partial charge in [0.05, 0.1) is 18.6 Å². The van der Waals surface area contributed by atoms with Crippen LogP contribution in [-0.2, 0) is 14.9 Å². The van der Waals surface area contributed by atoms with E-state index in [-0.39, 0.29) is 5.41 Å². The molecule has 0 bridgehead atoms. The summed E-state index contributed by atoms with van der Waals surface area (Å²) in [6, 6.07) is 7.60. The summed E-state index contributed by atoms with van der Waals surface area (Å²) in [4.78, 5) is 11.3. The van der Waals surface area contributed by atoms with E-state index in [9.17, 15) is 9.90 Å². The molecule has 1 heterocycles. The average Bonchev–Trinajstić information content (AvgIpc) is 2.24. The van der Waals surface area contributed by atoms with E-state index in [4.69, 9.17) is 16.3 Å². The molecule has 1 aliphatic rings. The maximum Gasteiger partial charge on any atom is 0.309 e. The van der Waals surface area contributed by atoms with Gasteiger partial charge in [0.1, 0.15) is 0 Å². The molecule has 1 aromatic carbocycles. The zero-order valence-corrected chi connectivity index (χ0v) is 11.3. The molecule has 0 amide bonds. The summed E-state index contributed by atoms with van der Waals surface area (Å²) >= 11 is 6.23. The molecule has 1 fully saturated rings. The van der Waals surface area contributed by atoms with Gasteiger partial charge in [-0.05, 0) is 31.9 Å². The highest BCUT2D eigenvalue weighted by Crippen LogP contribution is 2.44. The smallest absolute Gasteiger partial charge is 0.309 e. The highest BCUT2D eigenvalue weighted by Gasteiger charge is 2.47. The average molecular weight is 269 g/mol. The molecule has 0 spiro atoms. The maximum absolute atomic E-state index is 11.3. The third kappa shape index (κ3) is 2.25. The lowest BCUT2D eigenvalue weighted by atomic mass is 9.67. The third-order valence-corrected chi connectivity index (χ3v) is 3.89. The molecule has 0 unspecified atom stereocenters. The SMILES string of the molecule is CC(C)(CC1(c2ccccc2Cl)COC1)C(=O)O. The van der Waals surface area contributed by atoms with Crippen LogP contribution >= 0.6 is 11.6 Å². The van der Waals surface area contributed by atoms with E-state index in [1.165, 1.54) is 0 Å². The van der Waals surface area contributed by atoms with E-state index in [0.29, 0.717) is 24.7 Å². The summed E-state index contributed by atoms with van der Waals surface area (Å²) < 4.78 is 5.32. The van der Waals surface area contributed by atoms with Crippen molar-refractivity contribution >= 4 is 17.6 Å². The Morgan fingerprint density at radius 3 is 2.50 bits per heavy atom. The van der Waals surface area contributed by atoms with Crippen LogP contribution in [0.15, 0.2) is 24.3 Å². The Balaban J connectivity index is 2.33. The molecular formula is C14H17ClO3. The van der Waals surface area contributed by atoms with Crippen molar-refractivity contribution in [1.29, 1.82) is 0 Å². The predicted molar refractivity (Wildman–Crippen MR) is 70.0 cm³/mol. The lowest BCUT2D eigenvalue weighted by Crippen LogP contribution is -2.50. The van der Waals surface area contributed by atoms with E-state index in [1.54, 1.807) is 13.8 Å². The van der Waals surface area contributed by atoms with Gasteiger partial charge < -0.3 is 9.84 Å². The van der Waals surface area contributed by atoms with E-state index in [2.05, 4.69) is 0 Å². The number of halogens is 1. The molecule has 0 aromatic heterocycles. The van der Waals surface area contributed by atoms with Gasteiger partial charge in [-0.1, -0.05) is 29.8 Å². The first kappa shape index (κ1) is 13.4. The van der Waals surface area contributed by atoms with Gasteiger partial charge >= 0.3 is 5.97 Å². The second kappa shape index (κ2) is 4.56. The fraction of sp³-hybridized carbons (Fsp3) is 0.500. The van der Waals surface area contributed by atoms with Crippen molar-refractivity contribution in [3.63, 3.8) is 0 Å². The van der Waals surface area contributed by atoms with E-state index in [0.717, 1.165) is 5.56 Å². The molecule has 3 nitrogen and oxygen atoms in total. The van der Waals surface area contributed by atoms with Crippen molar-refractivity contribution in [1.82, 2.24) is 0 Å². The van der Waals surface area contributed by atoms with Gasteiger partial charge in [-0.15, -0.1) is 0 Å². The molecule has 0 atom stereocenters. The Hall–Kier alpha value is -1.06. The van der Waals surface area contributed by atoms with Crippen LogP contribution in [0.4, 0.5) is 0 Å². The van der Waals surface area contributed by atoms with Crippen LogP contribution in [0.25, 0.3) is 0 Å². The normalized spacial score (nSPS) is 18.2. The quantitative estimate of drug-likeness (QED) is 0.913. The van der Waals surface area contributed by atoms with Crippen molar-refractivity contribution in [3.8, 4) is 0 Å². The Labute approximate surface area is 112 Å². The van der Waals surface area contributed by atoms with Gasteiger partial charge in [-0.25, -0.2) is 0 Å². The third-order valence-electron chi connectivity index (χ3n) is 3.56. The monoisotopic (exact) mass is 268 g/mol. The van der Waals surface area contributed by atoms with Crippen LogP contribution in [0, 0.1) is 5.41 Å². The van der Waals surface area contributed by atoms with Crippen molar-refractivity contribution in [2.75, 3.05) is 13.2 Å². The fourth-order valence-electron chi connectivity index (χ4n) is 2.51. The first-order valence-corrected chi connectivity index (χ1v) is 6.31. The van der Waals surface area contributed by atoms with E-state index in [1.807, 2.05) is 24.3 Å². The molecule has 98 valence electrons. The number of carbonyl (C=O) groups is 1. The number of hydrogen-bond acceptors (Lipinski definition) is 2. The molecule has 0 aliphatic carbocycles. The number of rotatable bonds is 4. The molecule has 1 saturated heterocycles. The summed E-state index contributed by atoms with van der Waals surface area (Å²) in [5, 5.41) is 9.95. The van der Waals surface area contributed by atoms with Crippen LogP contribution in [0.5, 0.6) is 0 Å². The predicted octanol–water partition coefficient (Wildman–Crippen LogP) is 3.11. The van der Waals surface area contributed by atoms with Crippen molar-refractivity contribution in [2.45, 2.75) is 25.7 Å². The number of carboxylic acids is 1. The van der Waals surface area contributed by atoms with E-state index < -0.39 is 11.4 Å². The first-order valence-electron chi connectivity index (χ1n) is 5.94. The molecule has 1 aromatic rings. The number of ether oxygens (including phenoxy) is 1. The summed E-state index contributed by atoms with van der Waals surface area (Å²) in [5.41, 5.74) is -0.0596. The molecule has 0 saturated carbocycles. The second-order valence-electron chi connectivity index (χ2n) is 5.62. The zero-order chi connectivity index (χ0) is 13.4. The first-order chi connectivity index (χ1) is 8.37. The Bertz CT molecular complexity index is 464. The summed E-state index contributed by atoms with van der Waals surface area (Å²) in [7, 11) is 0. The highest BCUT2D eigenvalue weighted by atomic mass is 35.5. The maximum atomic E-state index is 11.3. The second-order valence-corrected chi connectivity index (χ2v) is 6.03. The molecule has 1 aliphatic heterocycles. The van der Waals surface area contributed by atoms with Crippen LogP contribution in [0.3, 0.4) is 0 Å². The summed E-state index contributed by atoms with van der Waals surface area (Å²) in [5.74, 6) is -0.791. The van der Waals surface area contributed by atoms with Crippen LogP contribution in [-0.4, -0.2) is 24.3 Å². The van der Waals surface area contributed by atoms with Crippen LogP contribution in [0.2, 0.25) is 5.02 Å². The Morgan fingerprint density at radius 2 is 2.06 bits per heavy atom. The van der Waals surface area contributed by atoms with Crippen molar-refractivity contribution in [3.05, 3.63) is 34.9 Å². The van der Waals surface area contributed by atoms with Gasteiger partial charge in [0.15, 0.2) is 0 Å². The molecule has 0 radical (unpaired) electrons. The molecule has 4 heteroatoms. The van der Waals surface area contributed by atoms with E-state index >= 15 is 0 Å². The molecular weight excluding hydrogens is 252 g/mol. The van der Waals surface area contributed by atoms with Crippen LogP contribution in [0.1, 0.15) is 25.8 Å². The largest absolute Gasteiger partial charge is 0.481 e. The number of carboxylic acid groups (broad SMARTS) is 1. The minimum atomic E-state index is -0.791. The van der Waals surface area contributed by atoms with Gasteiger partial charge in [0, 0.05) is 10.4 Å². The van der Waals surface area contributed by atoms with Crippen molar-refractivity contribution in [2.24, 2.45) is 5.41 Å². The number of benzene rings is 1. The lowest BCUT2D eigenvalue weighted by molar-refractivity contribution is -0.152. The minimum absolute atomic E-state index is 0.264. The Morgan fingerprint density at radius 1 is 1.44 bits per heavy atom. The summed E-state index contributed by atoms with van der Waals surface area (Å²) in [6.45, 7) is 4.55. The van der Waals surface area contributed by atoms with Gasteiger partial charge in [-0.2, -0.15) is 0 Å². The van der Waals surface area contributed by atoms with Gasteiger partial charge in [-0.3, -0.25) is 4.79 Å². The molecule has 18 heavy (non-hydrogen) atoms. The minimum Gasteiger partial charge on any atom is -0.481 e. The van der Waals surface area contributed by atoms with Gasteiger partial charge in [0.2, 0.25) is 0 Å². The zero-order valence-electron chi connectivity index (χ0n) is 10.6. The molecule has 1 N–H and O–H groups in total. The highest BCUT2D eigenvalue weighted by molar-refractivity contribution is 6.31. The van der Waals surface area contributed by atoms with Crippen molar-refractivity contribution < 1.29 is 14.6 Å². The summed E-state index contributed by atoms with van der Waals surface area (Å²) in [6.07, 6.45) is 0.527. The number of aliphatic carboxylic acids is 1. The lowest BCUT2D eigenvalue weighted by Gasteiger charge is -2.45. The fourth-order valence-corrected chi connectivity index (χ4v) is 2.85. The standard InChI is InChI=1S/C14H17ClO3/c1-13(2,12(16)17)7-14(8-18-9-14)10-5-3-4-6-11(10)15/h3-6H,7-9H2,1-2H3,(H,16,17).